The number of carbonyl (C=O) groups is 1. The second-order valence-corrected chi connectivity index (χ2v) is 7.95. The van der Waals surface area contributed by atoms with Gasteiger partial charge in [0.2, 0.25) is 0 Å². The van der Waals surface area contributed by atoms with Crippen molar-refractivity contribution in [2.75, 3.05) is 20.6 Å². The molecule has 0 fully saturated rings. The average molecular weight is 408 g/mol. The fraction of sp³-hybridized carbons (Fsp3) is 0.300. The molecule has 1 unspecified atom stereocenters. The van der Waals surface area contributed by atoms with E-state index in [4.69, 9.17) is 0 Å². The standard InChI is InChI=1S/C20H20F3N3OS/c1-25(11-14-7-9-15(10-8-14)20(21,22)23)13-19(27)26(2)12-18-24-16-5-3-4-6-17(16)28-18/h3-10H,11-13H2,1-2H3/p+1. The van der Waals surface area contributed by atoms with Crippen molar-refractivity contribution in [3.63, 3.8) is 0 Å². The molecule has 1 amide bonds. The van der Waals surface area contributed by atoms with Gasteiger partial charge in [0, 0.05) is 12.6 Å². The Bertz CT molecular complexity index is 920. The summed E-state index contributed by atoms with van der Waals surface area (Å²) >= 11 is 1.56. The molecular formula is C20H21F3N3OS+. The second kappa shape index (κ2) is 8.28. The van der Waals surface area contributed by atoms with E-state index in [2.05, 4.69) is 4.98 Å². The number of nitrogens with one attached hydrogen (secondary N) is 1. The predicted octanol–water partition coefficient (Wildman–Crippen LogP) is 2.99. The molecule has 28 heavy (non-hydrogen) atoms. The molecule has 0 aliphatic rings. The number of halogens is 3. The van der Waals surface area contributed by atoms with Gasteiger partial charge in [-0.05, 0) is 24.3 Å². The van der Waals surface area contributed by atoms with E-state index in [1.165, 1.54) is 12.1 Å². The first-order valence-corrected chi connectivity index (χ1v) is 9.60. The number of nitrogens with zero attached hydrogens (tertiary/aromatic N) is 2. The van der Waals surface area contributed by atoms with Crippen LogP contribution in [0.2, 0.25) is 0 Å². The molecule has 1 heterocycles. The Kier molecular flexibility index (Phi) is 6.00. The lowest BCUT2D eigenvalue weighted by molar-refractivity contribution is -0.885. The zero-order valence-electron chi connectivity index (χ0n) is 15.6. The minimum Gasteiger partial charge on any atom is -0.334 e. The molecule has 8 heteroatoms. The van der Waals surface area contributed by atoms with E-state index in [0.717, 1.165) is 37.8 Å². The fourth-order valence-electron chi connectivity index (χ4n) is 2.89. The van der Waals surface area contributed by atoms with E-state index in [0.29, 0.717) is 13.1 Å². The number of thiazole rings is 1. The maximum Gasteiger partial charge on any atom is 0.416 e. The third-order valence-electron chi connectivity index (χ3n) is 4.38. The summed E-state index contributed by atoms with van der Waals surface area (Å²) in [5.74, 6) is -0.0383. The smallest absolute Gasteiger partial charge is 0.334 e. The number of rotatable bonds is 6. The molecular weight excluding hydrogens is 387 g/mol. The van der Waals surface area contributed by atoms with Crippen molar-refractivity contribution >= 4 is 27.5 Å². The van der Waals surface area contributed by atoms with Crippen molar-refractivity contribution < 1.29 is 22.9 Å². The Hall–Kier alpha value is -2.45. The van der Waals surface area contributed by atoms with Crippen LogP contribution in [0.3, 0.4) is 0 Å². The van der Waals surface area contributed by atoms with Gasteiger partial charge in [-0.1, -0.05) is 24.3 Å². The van der Waals surface area contributed by atoms with Crippen molar-refractivity contribution in [3.05, 3.63) is 64.7 Å². The molecule has 1 aromatic heterocycles. The summed E-state index contributed by atoms with van der Waals surface area (Å²) in [5, 5.41) is 0.873. The van der Waals surface area contributed by atoms with E-state index in [9.17, 15) is 18.0 Å². The summed E-state index contributed by atoms with van der Waals surface area (Å²) in [5.41, 5.74) is 1.01. The largest absolute Gasteiger partial charge is 0.416 e. The molecule has 1 atom stereocenters. The van der Waals surface area contributed by atoms with E-state index in [1.807, 2.05) is 31.3 Å². The van der Waals surface area contributed by atoms with Crippen LogP contribution in [0, 0.1) is 0 Å². The minimum absolute atomic E-state index is 0.0383. The van der Waals surface area contributed by atoms with Gasteiger partial charge in [0.1, 0.15) is 11.6 Å². The lowest BCUT2D eigenvalue weighted by Gasteiger charge is -2.19. The fourth-order valence-corrected chi connectivity index (χ4v) is 3.92. The molecule has 3 aromatic rings. The van der Waals surface area contributed by atoms with Gasteiger partial charge in [0.25, 0.3) is 5.91 Å². The maximum absolute atomic E-state index is 12.6. The van der Waals surface area contributed by atoms with Crippen molar-refractivity contribution in [2.45, 2.75) is 19.3 Å². The molecule has 0 aliphatic heterocycles. The molecule has 4 nitrogen and oxygen atoms in total. The van der Waals surface area contributed by atoms with E-state index in [1.54, 1.807) is 23.3 Å². The number of amides is 1. The number of hydrogen-bond donors (Lipinski definition) is 1. The summed E-state index contributed by atoms with van der Waals surface area (Å²) < 4.78 is 39.0. The Balaban J connectivity index is 1.54. The first-order chi connectivity index (χ1) is 13.2. The van der Waals surface area contributed by atoms with Crippen molar-refractivity contribution in [1.82, 2.24) is 9.88 Å². The summed E-state index contributed by atoms with van der Waals surface area (Å²) in [6, 6.07) is 12.9. The molecule has 0 bridgehead atoms. The molecule has 2 aromatic carbocycles. The number of para-hydroxylation sites is 1. The molecule has 0 aliphatic carbocycles. The summed E-state index contributed by atoms with van der Waals surface area (Å²) in [6.07, 6.45) is -4.34. The highest BCUT2D eigenvalue weighted by molar-refractivity contribution is 7.18. The van der Waals surface area contributed by atoms with Gasteiger partial charge in [-0.15, -0.1) is 11.3 Å². The molecule has 0 saturated carbocycles. The number of fused-ring (bicyclic) bond motifs is 1. The normalized spacial score (nSPS) is 12.9. The number of carbonyl (C=O) groups excluding carboxylic acids is 1. The Morgan fingerprint density at radius 2 is 1.82 bits per heavy atom. The van der Waals surface area contributed by atoms with Crippen LogP contribution in [0.1, 0.15) is 16.1 Å². The zero-order valence-corrected chi connectivity index (χ0v) is 16.4. The Labute approximate surface area is 165 Å². The predicted molar refractivity (Wildman–Crippen MR) is 103 cm³/mol. The first-order valence-electron chi connectivity index (χ1n) is 8.78. The van der Waals surface area contributed by atoms with Crippen LogP contribution in [0.25, 0.3) is 10.2 Å². The van der Waals surface area contributed by atoms with Crippen LogP contribution in [0.5, 0.6) is 0 Å². The van der Waals surface area contributed by atoms with Crippen molar-refractivity contribution in [1.29, 1.82) is 0 Å². The van der Waals surface area contributed by atoms with Gasteiger partial charge in [-0.2, -0.15) is 13.2 Å². The number of quaternary nitrogens is 1. The Morgan fingerprint density at radius 3 is 2.46 bits per heavy atom. The number of hydrogen-bond acceptors (Lipinski definition) is 3. The molecule has 3 rings (SSSR count). The van der Waals surface area contributed by atoms with Crippen molar-refractivity contribution in [2.24, 2.45) is 0 Å². The third kappa shape index (κ3) is 5.08. The second-order valence-electron chi connectivity index (χ2n) is 6.83. The molecule has 0 spiro atoms. The van der Waals surface area contributed by atoms with Crippen LogP contribution in [0.4, 0.5) is 13.2 Å². The van der Waals surface area contributed by atoms with Crippen LogP contribution >= 0.6 is 11.3 Å². The van der Waals surface area contributed by atoms with Crippen LogP contribution in [-0.4, -0.2) is 36.4 Å². The maximum atomic E-state index is 12.6. The van der Waals surface area contributed by atoms with Crippen LogP contribution in [0.15, 0.2) is 48.5 Å². The summed E-state index contributed by atoms with van der Waals surface area (Å²) in [7, 11) is 3.58. The first kappa shape index (κ1) is 20.3. The number of likely N-dealkylation sites (N-methyl/N-ethyl adjacent to an activating group) is 2. The lowest BCUT2D eigenvalue weighted by Crippen LogP contribution is -3.08. The monoisotopic (exact) mass is 408 g/mol. The van der Waals surface area contributed by atoms with E-state index < -0.39 is 11.7 Å². The van der Waals surface area contributed by atoms with Crippen LogP contribution < -0.4 is 4.90 Å². The highest BCUT2D eigenvalue weighted by Crippen LogP contribution is 2.29. The highest BCUT2D eigenvalue weighted by Gasteiger charge is 2.30. The zero-order chi connectivity index (χ0) is 20.3. The van der Waals surface area contributed by atoms with Crippen LogP contribution in [-0.2, 0) is 24.1 Å². The van der Waals surface area contributed by atoms with Gasteiger partial charge < -0.3 is 9.80 Å². The topological polar surface area (TPSA) is 37.6 Å². The van der Waals surface area contributed by atoms with Gasteiger partial charge in [-0.25, -0.2) is 4.98 Å². The number of aromatic nitrogens is 1. The summed E-state index contributed by atoms with van der Waals surface area (Å²) in [6.45, 7) is 1.16. The van der Waals surface area contributed by atoms with Crippen molar-refractivity contribution in [3.8, 4) is 0 Å². The molecule has 0 saturated heterocycles. The van der Waals surface area contributed by atoms with Gasteiger partial charge in [0.15, 0.2) is 6.54 Å². The quantitative estimate of drug-likeness (QED) is 0.681. The molecule has 1 N–H and O–H groups in total. The lowest BCUT2D eigenvalue weighted by atomic mass is 10.1. The Morgan fingerprint density at radius 1 is 1.14 bits per heavy atom. The van der Waals surface area contributed by atoms with E-state index in [-0.39, 0.29) is 12.5 Å². The molecule has 0 radical (unpaired) electrons. The van der Waals surface area contributed by atoms with Gasteiger partial charge >= 0.3 is 6.18 Å². The van der Waals surface area contributed by atoms with Gasteiger partial charge in [0.05, 0.1) is 29.4 Å². The third-order valence-corrected chi connectivity index (χ3v) is 5.40. The number of benzene rings is 2. The number of alkyl halides is 3. The minimum atomic E-state index is -4.34. The average Bonchev–Trinajstić information content (AvgIpc) is 3.03. The highest BCUT2D eigenvalue weighted by atomic mass is 32.1. The summed E-state index contributed by atoms with van der Waals surface area (Å²) in [4.78, 5) is 19.6. The van der Waals surface area contributed by atoms with E-state index >= 15 is 0 Å². The van der Waals surface area contributed by atoms with Gasteiger partial charge in [-0.3, -0.25) is 4.79 Å². The SMILES string of the molecule is CN(Cc1nc2ccccc2s1)C(=O)C[NH+](C)Cc1ccc(C(F)(F)F)cc1. The molecule has 148 valence electrons.